The van der Waals surface area contributed by atoms with Crippen LogP contribution in [-0.4, -0.2) is 21.4 Å². The van der Waals surface area contributed by atoms with Crippen molar-refractivity contribution in [3.63, 3.8) is 0 Å². The Bertz CT molecular complexity index is 1870. The second-order valence-electron chi connectivity index (χ2n) is 9.98. The molecular formula is C29H24N2O4S. The van der Waals surface area contributed by atoms with Crippen LogP contribution in [0.3, 0.4) is 0 Å². The highest BCUT2D eigenvalue weighted by molar-refractivity contribution is 7.93. The van der Waals surface area contributed by atoms with Crippen LogP contribution in [0.4, 0.5) is 11.4 Å². The van der Waals surface area contributed by atoms with Crippen LogP contribution in [-0.2, 0) is 22.9 Å². The summed E-state index contributed by atoms with van der Waals surface area (Å²) in [6, 6.07) is 18.2. The van der Waals surface area contributed by atoms with Crippen molar-refractivity contribution in [2.75, 3.05) is 16.7 Å². The SMILES string of the molecule is C[C@@H]1CCc2oc3c(cc(NS(=O)(=O)c4ccc5c6c(cccc46)C(=O)N5C)c4ccccc43)c2C1. The summed E-state index contributed by atoms with van der Waals surface area (Å²) in [5, 5.41) is 3.86. The van der Waals surface area contributed by atoms with E-state index in [4.69, 9.17) is 4.42 Å². The summed E-state index contributed by atoms with van der Waals surface area (Å²) >= 11 is 0. The molecule has 0 fully saturated rings. The largest absolute Gasteiger partial charge is 0.460 e. The lowest BCUT2D eigenvalue weighted by molar-refractivity contribution is 0.0999. The van der Waals surface area contributed by atoms with Gasteiger partial charge in [0.2, 0.25) is 0 Å². The van der Waals surface area contributed by atoms with Crippen LogP contribution in [0.15, 0.2) is 70.0 Å². The number of carbonyl (C=O) groups excluding carboxylic acids is 1. The first-order chi connectivity index (χ1) is 17.3. The molecule has 0 saturated heterocycles. The highest BCUT2D eigenvalue weighted by atomic mass is 32.2. The third-order valence-corrected chi connectivity index (χ3v) is 9.13. The molecule has 5 aromatic rings. The van der Waals surface area contributed by atoms with Crippen molar-refractivity contribution >= 4 is 59.8 Å². The lowest BCUT2D eigenvalue weighted by atomic mass is 9.87. The van der Waals surface area contributed by atoms with E-state index in [1.807, 2.05) is 30.3 Å². The van der Waals surface area contributed by atoms with Crippen molar-refractivity contribution in [2.24, 2.45) is 5.92 Å². The fraction of sp³-hybridized carbons (Fsp3) is 0.207. The van der Waals surface area contributed by atoms with Gasteiger partial charge in [-0.25, -0.2) is 8.42 Å². The monoisotopic (exact) mass is 496 g/mol. The molecule has 7 rings (SSSR count). The van der Waals surface area contributed by atoms with E-state index in [-0.39, 0.29) is 10.8 Å². The van der Waals surface area contributed by atoms with Crippen molar-refractivity contribution < 1.29 is 17.6 Å². The third-order valence-electron chi connectivity index (χ3n) is 7.71. The van der Waals surface area contributed by atoms with Gasteiger partial charge in [0.05, 0.1) is 16.3 Å². The van der Waals surface area contributed by atoms with Gasteiger partial charge in [-0.3, -0.25) is 9.52 Å². The van der Waals surface area contributed by atoms with Gasteiger partial charge in [0.15, 0.2) is 0 Å². The van der Waals surface area contributed by atoms with Gasteiger partial charge < -0.3 is 9.32 Å². The van der Waals surface area contributed by atoms with Gasteiger partial charge >= 0.3 is 0 Å². The van der Waals surface area contributed by atoms with Crippen molar-refractivity contribution in [2.45, 2.75) is 31.1 Å². The summed E-state index contributed by atoms with van der Waals surface area (Å²) in [6.07, 6.45) is 2.91. The number of hydrogen-bond donors (Lipinski definition) is 1. The molecule has 180 valence electrons. The van der Waals surface area contributed by atoms with E-state index in [2.05, 4.69) is 11.6 Å². The Morgan fingerprint density at radius 1 is 0.972 bits per heavy atom. The summed E-state index contributed by atoms with van der Waals surface area (Å²) in [7, 11) is -2.26. The minimum absolute atomic E-state index is 0.131. The zero-order valence-electron chi connectivity index (χ0n) is 20.0. The van der Waals surface area contributed by atoms with Gasteiger partial charge in [0.25, 0.3) is 15.9 Å². The summed E-state index contributed by atoms with van der Waals surface area (Å²) < 4.78 is 36.9. The number of benzene rings is 4. The van der Waals surface area contributed by atoms with Crippen LogP contribution in [0.1, 0.15) is 35.0 Å². The van der Waals surface area contributed by atoms with Crippen molar-refractivity contribution in [3.8, 4) is 0 Å². The molecule has 6 nitrogen and oxygen atoms in total. The molecule has 1 amide bonds. The molecule has 0 spiro atoms. The maximum atomic E-state index is 13.8. The molecule has 0 unspecified atom stereocenters. The minimum atomic E-state index is -3.97. The number of nitrogens with one attached hydrogen (secondary N) is 1. The van der Waals surface area contributed by atoms with Crippen LogP contribution in [0.5, 0.6) is 0 Å². The number of rotatable bonds is 3. The first-order valence-corrected chi connectivity index (χ1v) is 13.6. The quantitative estimate of drug-likeness (QED) is 0.320. The van der Waals surface area contributed by atoms with Crippen LogP contribution in [0.2, 0.25) is 0 Å². The van der Waals surface area contributed by atoms with Gasteiger partial charge in [-0.1, -0.05) is 43.3 Å². The van der Waals surface area contributed by atoms with E-state index < -0.39 is 10.0 Å². The molecule has 1 N–H and O–H groups in total. The molecule has 0 saturated carbocycles. The summed E-state index contributed by atoms with van der Waals surface area (Å²) in [5.74, 6) is 1.43. The number of sulfonamides is 1. The molecule has 0 bridgehead atoms. The maximum absolute atomic E-state index is 13.8. The summed E-state index contributed by atoms with van der Waals surface area (Å²) in [6.45, 7) is 2.24. The summed E-state index contributed by atoms with van der Waals surface area (Å²) in [5.41, 5.74) is 3.77. The molecule has 1 aliphatic carbocycles. The van der Waals surface area contributed by atoms with Gasteiger partial charge in [-0.15, -0.1) is 0 Å². The predicted molar refractivity (Wildman–Crippen MR) is 142 cm³/mol. The molecule has 1 atom stereocenters. The van der Waals surface area contributed by atoms with Gasteiger partial charge in [0, 0.05) is 51.5 Å². The molecule has 1 aliphatic heterocycles. The maximum Gasteiger partial charge on any atom is 0.262 e. The number of anilines is 2. The first-order valence-electron chi connectivity index (χ1n) is 12.2. The Hall–Kier alpha value is -3.84. The molecule has 1 aromatic heterocycles. The fourth-order valence-corrected chi connectivity index (χ4v) is 7.17. The molecule has 0 radical (unpaired) electrons. The van der Waals surface area contributed by atoms with Crippen LogP contribution in [0.25, 0.3) is 32.5 Å². The number of amides is 1. The standard InChI is InChI=1S/C29H24N2O4S/c1-16-10-12-25-21(14-16)22-15-23(17-6-3-4-7-18(17)28(22)35-25)30-36(33,34)26-13-11-24-27-19(26)8-5-9-20(27)29(32)31(24)2/h3-9,11,13,15-16,30H,10,12,14H2,1-2H3/t16-/m1/s1. The van der Waals surface area contributed by atoms with E-state index in [1.165, 1.54) is 5.56 Å². The fourth-order valence-electron chi connectivity index (χ4n) is 5.90. The van der Waals surface area contributed by atoms with E-state index in [1.54, 1.807) is 42.3 Å². The van der Waals surface area contributed by atoms with E-state index in [0.29, 0.717) is 27.9 Å². The molecule has 2 aliphatic rings. The molecule has 4 aromatic carbocycles. The lowest BCUT2D eigenvalue weighted by Crippen LogP contribution is -2.20. The molecule has 36 heavy (non-hydrogen) atoms. The number of hydrogen-bond acceptors (Lipinski definition) is 4. The minimum Gasteiger partial charge on any atom is -0.460 e. The summed E-state index contributed by atoms with van der Waals surface area (Å²) in [4.78, 5) is 14.4. The van der Waals surface area contributed by atoms with Gasteiger partial charge in [0.1, 0.15) is 11.3 Å². The second-order valence-corrected chi connectivity index (χ2v) is 11.6. The smallest absolute Gasteiger partial charge is 0.262 e. The van der Waals surface area contributed by atoms with Crippen molar-refractivity contribution in [1.82, 2.24) is 0 Å². The topological polar surface area (TPSA) is 79.6 Å². The van der Waals surface area contributed by atoms with Crippen molar-refractivity contribution in [3.05, 3.63) is 77.6 Å². The normalized spacial score (nSPS) is 17.3. The number of nitrogens with zero attached hydrogens (tertiary/aromatic N) is 1. The highest BCUT2D eigenvalue weighted by Crippen LogP contribution is 2.42. The Kier molecular flexibility index (Phi) is 4.37. The zero-order valence-corrected chi connectivity index (χ0v) is 20.8. The predicted octanol–water partition coefficient (Wildman–Crippen LogP) is 6.25. The zero-order chi connectivity index (χ0) is 24.8. The van der Waals surface area contributed by atoms with E-state index >= 15 is 0 Å². The van der Waals surface area contributed by atoms with Crippen LogP contribution < -0.4 is 9.62 Å². The van der Waals surface area contributed by atoms with E-state index in [0.717, 1.165) is 52.5 Å². The number of aryl methyl sites for hydroxylation is 1. The molecule has 7 heteroatoms. The van der Waals surface area contributed by atoms with E-state index in [9.17, 15) is 13.2 Å². The molecular weight excluding hydrogens is 472 g/mol. The highest BCUT2D eigenvalue weighted by Gasteiger charge is 2.31. The third kappa shape index (κ3) is 2.89. The average molecular weight is 497 g/mol. The Labute approximate surface area is 208 Å². The average Bonchev–Trinajstić information content (AvgIpc) is 3.36. The second kappa shape index (κ2) is 7.34. The number of fused-ring (bicyclic) bond motifs is 5. The van der Waals surface area contributed by atoms with Crippen molar-refractivity contribution in [1.29, 1.82) is 0 Å². The Morgan fingerprint density at radius 3 is 2.58 bits per heavy atom. The number of furan rings is 1. The van der Waals surface area contributed by atoms with Gasteiger partial charge in [-0.2, -0.15) is 0 Å². The van der Waals surface area contributed by atoms with Crippen LogP contribution in [0, 0.1) is 5.92 Å². The lowest BCUT2D eigenvalue weighted by Gasteiger charge is -2.17. The van der Waals surface area contributed by atoms with Gasteiger partial charge in [-0.05, 0) is 43.0 Å². The first kappa shape index (κ1) is 21.4. The Balaban J connectivity index is 1.43. The Morgan fingerprint density at radius 2 is 1.75 bits per heavy atom. The number of carbonyl (C=O) groups is 1. The molecule has 2 heterocycles. The van der Waals surface area contributed by atoms with Crippen LogP contribution >= 0.6 is 0 Å².